The number of carbonyl (C=O) groups is 1. The molecule has 0 aliphatic rings. The number of aromatic nitrogens is 2. The third kappa shape index (κ3) is 4.50. The first kappa shape index (κ1) is 23.0. The fourth-order valence-corrected chi connectivity index (χ4v) is 4.50. The molecule has 0 atom stereocenters. The third-order valence-electron chi connectivity index (χ3n) is 5.42. The molecule has 0 aliphatic carbocycles. The quantitative estimate of drug-likeness (QED) is 0.607. The molecule has 0 aliphatic heterocycles. The molecule has 0 unspecified atom stereocenters. The van der Waals surface area contributed by atoms with E-state index in [0.717, 1.165) is 11.1 Å². The van der Waals surface area contributed by atoms with Gasteiger partial charge >= 0.3 is 0 Å². The molecule has 1 amide bonds. The van der Waals surface area contributed by atoms with Crippen LogP contribution in [0.1, 0.15) is 42.5 Å². The maximum absolute atomic E-state index is 13.1. The minimum absolute atomic E-state index is 0.0475. The second kappa shape index (κ2) is 8.09. The predicted octanol–water partition coefficient (Wildman–Crippen LogP) is 3.39. The van der Waals surface area contributed by atoms with E-state index < -0.39 is 10.0 Å². The van der Waals surface area contributed by atoms with Crippen molar-refractivity contribution in [3.8, 4) is 0 Å². The number of sulfonamides is 1. The Hall–Kier alpha value is -2.71. The fraction of sp³-hybridized carbons (Fsp3) is 0.391. The molecule has 0 saturated carbocycles. The van der Waals surface area contributed by atoms with Crippen LogP contribution < -0.4 is 0 Å². The summed E-state index contributed by atoms with van der Waals surface area (Å²) in [6.07, 6.45) is 0. The largest absolute Gasteiger partial charge is 0.345 e. The van der Waals surface area contributed by atoms with Crippen molar-refractivity contribution < 1.29 is 13.2 Å². The third-order valence-corrected chi connectivity index (χ3v) is 7.24. The summed E-state index contributed by atoms with van der Waals surface area (Å²) in [5.41, 5.74) is 3.07. The Bertz CT molecular complexity index is 1220. The lowest BCUT2D eigenvalue weighted by atomic mass is 9.87. The number of aryl methyl sites for hydroxylation is 1. The normalized spacial score (nSPS) is 12.5. The van der Waals surface area contributed by atoms with Crippen LogP contribution in [0.3, 0.4) is 0 Å². The monoisotopic (exact) mass is 442 g/mol. The van der Waals surface area contributed by atoms with Gasteiger partial charge in [-0.05, 0) is 41.3 Å². The first-order valence-corrected chi connectivity index (χ1v) is 11.5. The fourth-order valence-electron chi connectivity index (χ4n) is 3.37. The van der Waals surface area contributed by atoms with E-state index in [0.29, 0.717) is 16.9 Å². The highest BCUT2D eigenvalue weighted by Crippen LogP contribution is 2.25. The van der Waals surface area contributed by atoms with Crippen molar-refractivity contribution in [1.29, 1.82) is 0 Å². The van der Waals surface area contributed by atoms with Crippen molar-refractivity contribution in [3.05, 3.63) is 59.4 Å². The number of amides is 1. The molecule has 0 fully saturated rings. The Morgan fingerprint density at radius 3 is 2.19 bits per heavy atom. The molecule has 2 aromatic carbocycles. The zero-order valence-corrected chi connectivity index (χ0v) is 20.0. The summed E-state index contributed by atoms with van der Waals surface area (Å²) in [6, 6.07) is 12.4. The highest BCUT2D eigenvalue weighted by atomic mass is 32.2. The second-order valence-corrected chi connectivity index (χ2v) is 11.1. The molecular weight excluding hydrogens is 412 g/mol. The van der Waals surface area contributed by atoms with Crippen molar-refractivity contribution in [2.45, 2.75) is 37.6 Å². The Kier molecular flexibility index (Phi) is 5.99. The Morgan fingerprint density at radius 2 is 1.65 bits per heavy atom. The lowest BCUT2D eigenvalue weighted by Crippen LogP contribution is -2.28. The average Bonchev–Trinajstić information content (AvgIpc) is 3.01. The summed E-state index contributed by atoms with van der Waals surface area (Å²) >= 11 is 0. The molecular formula is C23H30N4O3S. The van der Waals surface area contributed by atoms with Gasteiger partial charge in [0.05, 0.1) is 22.5 Å². The molecule has 0 N–H and O–H groups in total. The highest BCUT2D eigenvalue weighted by molar-refractivity contribution is 7.89. The van der Waals surface area contributed by atoms with Crippen LogP contribution in [0.2, 0.25) is 0 Å². The SMILES string of the molecule is CN(C)C(=O)c1ccc2c(c1)nc(CN(C)S(=O)(=O)c1ccc(C(C)(C)C)cc1)n2C. The van der Waals surface area contributed by atoms with Crippen molar-refractivity contribution >= 4 is 27.0 Å². The minimum atomic E-state index is -3.67. The van der Waals surface area contributed by atoms with Crippen LogP contribution >= 0.6 is 0 Å². The van der Waals surface area contributed by atoms with Gasteiger partial charge in [-0.2, -0.15) is 4.31 Å². The maximum Gasteiger partial charge on any atom is 0.253 e. The molecule has 1 aromatic heterocycles. The lowest BCUT2D eigenvalue weighted by Gasteiger charge is -2.20. The van der Waals surface area contributed by atoms with Gasteiger partial charge in [-0.25, -0.2) is 13.4 Å². The maximum atomic E-state index is 13.1. The standard InChI is InChI=1S/C23H30N4O3S/c1-23(2,3)17-9-11-18(12-10-17)31(29,30)26(6)15-21-24-19-14-16(22(28)25(4)5)8-13-20(19)27(21)7/h8-14H,15H2,1-7H3. The summed E-state index contributed by atoms with van der Waals surface area (Å²) in [7, 11) is 3.12. The number of rotatable bonds is 5. The molecule has 0 saturated heterocycles. The van der Waals surface area contributed by atoms with Crippen LogP contribution in [0.15, 0.2) is 47.4 Å². The van der Waals surface area contributed by atoms with Gasteiger partial charge in [0.25, 0.3) is 5.91 Å². The Balaban J connectivity index is 1.89. The van der Waals surface area contributed by atoms with Crippen LogP contribution in [0.4, 0.5) is 0 Å². The number of carbonyl (C=O) groups excluding carboxylic acids is 1. The van der Waals surface area contributed by atoms with E-state index in [2.05, 4.69) is 25.8 Å². The van der Waals surface area contributed by atoms with Gasteiger partial charge < -0.3 is 9.47 Å². The van der Waals surface area contributed by atoms with E-state index in [-0.39, 0.29) is 22.8 Å². The molecule has 3 rings (SSSR count). The molecule has 166 valence electrons. The van der Waals surface area contributed by atoms with E-state index in [1.165, 1.54) is 9.21 Å². The number of nitrogens with zero attached hydrogens (tertiary/aromatic N) is 4. The molecule has 31 heavy (non-hydrogen) atoms. The van der Waals surface area contributed by atoms with Gasteiger partial charge in [-0.15, -0.1) is 0 Å². The predicted molar refractivity (Wildman–Crippen MR) is 123 cm³/mol. The lowest BCUT2D eigenvalue weighted by molar-refractivity contribution is 0.0827. The van der Waals surface area contributed by atoms with Crippen molar-refractivity contribution in [2.24, 2.45) is 7.05 Å². The van der Waals surface area contributed by atoms with Gasteiger partial charge in [0.2, 0.25) is 10.0 Å². The molecule has 0 spiro atoms. The van der Waals surface area contributed by atoms with Crippen molar-refractivity contribution in [1.82, 2.24) is 18.8 Å². The van der Waals surface area contributed by atoms with Crippen LogP contribution in [0, 0.1) is 0 Å². The molecule has 7 nitrogen and oxygen atoms in total. The first-order valence-electron chi connectivity index (χ1n) is 10.1. The van der Waals surface area contributed by atoms with Gasteiger partial charge in [0.1, 0.15) is 5.82 Å². The summed E-state index contributed by atoms with van der Waals surface area (Å²) in [5.74, 6) is 0.495. The van der Waals surface area contributed by atoms with E-state index in [1.54, 1.807) is 45.4 Å². The highest BCUT2D eigenvalue weighted by Gasteiger charge is 2.24. The zero-order valence-electron chi connectivity index (χ0n) is 19.2. The minimum Gasteiger partial charge on any atom is -0.345 e. The number of benzene rings is 2. The molecule has 3 aromatic rings. The van der Waals surface area contributed by atoms with Gasteiger partial charge in [0, 0.05) is 33.8 Å². The van der Waals surface area contributed by atoms with Gasteiger partial charge in [-0.3, -0.25) is 4.79 Å². The van der Waals surface area contributed by atoms with Gasteiger partial charge in [0.15, 0.2) is 0 Å². The smallest absolute Gasteiger partial charge is 0.253 e. The topological polar surface area (TPSA) is 75.5 Å². The van der Waals surface area contributed by atoms with Crippen LogP contribution in [-0.2, 0) is 29.0 Å². The number of imidazole rings is 1. The zero-order chi connectivity index (χ0) is 23.1. The van der Waals surface area contributed by atoms with Crippen LogP contribution in [-0.4, -0.2) is 54.2 Å². The number of fused-ring (bicyclic) bond motifs is 1. The summed E-state index contributed by atoms with van der Waals surface area (Å²) < 4.78 is 29.3. The van der Waals surface area contributed by atoms with Crippen LogP contribution in [0.25, 0.3) is 11.0 Å². The average molecular weight is 443 g/mol. The van der Waals surface area contributed by atoms with E-state index >= 15 is 0 Å². The Labute approximate surface area is 184 Å². The summed E-state index contributed by atoms with van der Waals surface area (Å²) in [6.45, 7) is 6.38. The Morgan fingerprint density at radius 1 is 1.03 bits per heavy atom. The van der Waals surface area contributed by atoms with Gasteiger partial charge in [-0.1, -0.05) is 32.9 Å². The van der Waals surface area contributed by atoms with E-state index in [4.69, 9.17) is 0 Å². The van der Waals surface area contributed by atoms with E-state index in [9.17, 15) is 13.2 Å². The van der Waals surface area contributed by atoms with Crippen LogP contribution in [0.5, 0.6) is 0 Å². The summed E-state index contributed by atoms with van der Waals surface area (Å²) in [4.78, 5) is 18.6. The number of hydrogen-bond acceptors (Lipinski definition) is 4. The molecule has 8 heteroatoms. The van der Waals surface area contributed by atoms with Crippen molar-refractivity contribution in [3.63, 3.8) is 0 Å². The summed E-state index contributed by atoms with van der Waals surface area (Å²) in [5, 5.41) is 0. The number of hydrogen-bond donors (Lipinski definition) is 0. The second-order valence-electron chi connectivity index (χ2n) is 9.03. The molecule has 0 radical (unpaired) electrons. The molecule has 0 bridgehead atoms. The molecule has 1 heterocycles. The first-order chi connectivity index (χ1) is 14.3. The van der Waals surface area contributed by atoms with E-state index in [1.807, 2.05) is 29.8 Å². The van der Waals surface area contributed by atoms with Crippen molar-refractivity contribution in [2.75, 3.05) is 21.1 Å².